The van der Waals surface area contributed by atoms with Gasteiger partial charge in [0.1, 0.15) is 24.2 Å². The Kier molecular flexibility index (Phi) is 2.92. The van der Waals surface area contributed by atoms with Crippen LogP contribution in [0.3, 0.4) is 0 Å². The average Bonchev–Trinajstić information content (AvgIpc) is 3.14. The van der Waals surface area contributed by atoms with Crippen molar-refractivity contribution in [2.75, 3.05) is 6.61 Å². The second-order valence-electron chi connectivity index (χ2n) is 5.43. The molecule has 3 heterocycles. The van der Waals surface area contributed by atoms with E-state index in [4.69, 9.17) is 4.74 Å². The fourth-order valence-electron chi connectivity index (χ4n) is 3.02. The van der Waals surface area contributed by atoms with Crippen LogP contribution >= 0.6 is 0 Å². The van der Waals surface area contributed by atoms with Crippen molar-refractivity contribution in [3.05, 3.63) is 36.5 Å². The molecule has 4 rings (SSSR count). The summed E-state index contributed by atoms with van der Waals surface area (Å²) in [5, 5.41) is 10.5. The van der Waals surface area contributed by atoms with E-state index in [-0.39, 0.29) is 11.9 Å². The standard InChI is InChI=1S/C14H15N5O2/c20-14(18-11-6-12-9(11)4-5-21-12)10-2-1-3-13(17-10)19-7-15-16-8-19/h1-3,7-9,11-12H,4-6H2,(H,18,20)/t9-,11+,12?/m0/s1. The summed E-state index contributed by atoms with van der Waals surface area (Å²) < 4.78 is 7.22. The van der Waals surface area contributed by atoms with Crippen LogP contribution in [-0.2, 0) is 4.74 Å². The van der Waals surface area contributed by atoms with Gasteiger partial charge in [0.05, 0.1) is 6.10 Å². The molecule has 2 fully saturated rings. The zero-order valence-corrected chi connectivity index (χ0v) is 11.3. The van der Waals surface area contributed by atoms with E-state index < -0.39 is 0 Å². The second-order valence-corrected chi connectivity index (χ2v) is 5.43. The van der Waals surface area contributed by atoms with Crippen molar-refractivity contribution in [3.63, 3.8) is 0 Å². The van der Waals surface area contributed by atoms with Crippen LogP contribution in [0.4, 0.5) is 0 Å². The molecule has 2 aromatic rings. The van der Waals surface area contributed by atoms with E-state index >= 15 is 0 Å². The molecular formula is C14H15N5O2. The third kappa shape index (κ3) is 2.19. The summed E-state index contributed by atoms with van der Waals surface area (Å²) in [6, 6.07) is 5.54. The summed E-state index contributed by atoms with van der Waals surface area (Å²) in [5.74, 6) is 0.957. The van der Waals surface area contributed by atoms with Gasteiger partial charge in [-0.2, -0.15) is 0 Å². The fraction of sp³-hybridized carbons (Fsp3) is 0.429. The Morgan fingerprint density at radius 2 is 2.19 bits per heavy atom. The maximum atomic E-state index is 12.3. The first-order valence-electron chi connectivity index (χ1n) is 7.06. The molecule has 0 aromatic carbocycles. The first-order valence-corrected chi connectivity index (χ1v) is 7.06. The third-order valence-corrected chi connectivity index (χ3v) is 4.23. The quantitative estimate of drug-likeness (QED) is 0.891. The van der Waals surface area contributed by atoms with Gasteiger partial charge < -0.3 is 10.1 Å². The van der Waals surface area contributed by atoms with Gasteiger partial charge in [0.25, 0.3) is 5.91 Å². The van der Waals surface area contributed by atoms with Gasteiger partial charge in [-0.15, -0.1) is 10.2 Å². The van der Waals surface area contributed by atoms with Gasteiger partial charge in [0.2, 0.25) is 0 Å². The largest absolute Gasteiger partial charge is 0.378 e. The van der Waals surface area contributed by atoms with Crippen molar-refractivity contribution >= 4 is 5.91 Å². The van der Waals surface area contributed by atoms with E-state index in [1.54, 1.807) is 29.4 Å². The van der Waals surface area contributed by atoms with E-state index in [1.807, 2.05) is 6.07 Å². The summed E-state index contributed by atoms with van der Waals surface area (Å²) >= 11 is 0. The number of ether oxygens (including phenoxy) is 1. The SMILES string of the molecule is O=C(N[C@@H]1CC2OCC[C@H]21)c1cccc(-n2cnnc2)n1. The van der Waals surface area contributed by atoms with Gasteiger partial charge >= 0.3 is 0 Å². The highest BCUT2D eigenvalue weighted by atomic mass is 16.5. The Hall–Kier alpha value is -2.28. The molecule has 2 aliphatic rings. The van der Waals surface area contributed by atoms with Crippen LogP contribution in [0.2, 0.25) is 0 Å². The molecule has 21 heavy (non-hydrogen) atoms. The number of pyridine rings is 1. The second kappa shape index (κ2) is 4.92. The summed E-state index contributed by atoms with van der Waals surface area (Å²) in [6.07, 6.45) is 5.38. The van der Waals surface area contributed by atoms with Gasteiger partial charge in [0, 0.05) is 18.6 Å². The molecule has 1 unspecified atom stereocenters. The molecule has 7 heteroatoms. The molecule has 0 spiro atoms. The zero-order chi connectivity index (χ0) is 14.2. The number of carbonyl (C=O) groups is 1. The van der Waals surface area contributed by atoms with Crippen molar-refractivity contribution in [3.8, 4) is 5.82 Å². The Bertz CT molecular complexity index is 657. The summed E-state index contributed by atoms with van der Waals surface area (Å²) in [7, 11) is 0. The van der Waals surface area contributed by atoms with E-state index in [0.717, 1.165) is 19.4 Å². The van der Waals surface area contributed by atoms with Crippen LogP contribution < -0.4 is 5.32 Å². The molecule has 0 radical (unpaired) electrons. The summed E-state index contributed by atoms with van der Waals surface area (Å²) in [6.45, 7) is 0.809. The minimum atomic E-state index is -0.139. The maximum absolute atomic E-state index is 12.3. The highest BCUT2D eigenvalue weighted by molar-refractivity contribution is 5.92. The van der Waals surface area contributed by atoms with E-state index in [0.29, 0.717) is 23.5 Å². The van der Waals surface area contributed by atoms with E-state index in [1.165, 1.54) is 0 Å². The van der Waals surface area contributed by atoms with Gasteiger partial charge in [-0.3, -0.25) is 9.36 Å². The topological polar surface area (TPSA) is 81.9 Å². The summed E-state index contributed by atoms with van der Waals surface area (Å²) in [4.78, 5) is 16.7. The first-order chi connectivity index (χ1) is 10.3. The molecule has 3 atom stereocenters. The lowest BCUT2D eigenvalue weighted by atomic mass is 9.76. The predicted octanol–water partition coefficient (Wildman–Crippen LogP) is 0.569. The molecule has 108 valence electrons. The Morgan fingerprint density at radius 3 is 3.00 bits per heavy atom. The number of fused-ring (bicyclic) bond motifs is 1. The molecule has 1 N–H and O–H groups in total. The molecule has 1 saturated carbocycles. The number of aromatic nitrogens is 4. The predicted molar refractivity (Wildman–Crippen MR) is 72.9 cm³/mol. The highest BCUT2D eigenvalue weighted by Crippen LogP contribution is 2.38. The molecule has 1 amide bonds. The highest BCUT2D eigenvalue weighted by Gasteiger charge is 2.45. The smallest absolute Gasteiger partial charge is 0.270 e. The van der Waals surface area contributed by atoms with Crippen LogP contribution in [0.15, 0.2) is 30.9 Å². The third-order valence-electron chi connectivity index (χ3n) is 4.23. The minimum absolute atomic E-state index is 0.139. The van der Waals surface area contributed by atoms with Gasteiger partial charge in [0.15, 0.2) is 0 Å². The van der Waals surface area contributed by atoms with Crippen LogP contribution in [0.25, 0.3) is 5.82 Å². The monoisotopic (exact) mass is 285 g/mol. The molecule has 1 saturated heterocycles. The van der Waals surface area contributed by atoms with Crippen LogP contribution in [0, 0.1) is 5.92 Å². The number of carbonyl (C=O) groups excluding carboxylic acids is 1. The first kappa shape index (κ1) is 12.5. The van der Waals surface area contributed by atoms with Crippen LogP contribution in [0.5, 0.6) is 0 Å². The maximum Gasteiger partial charge on any atom is 0.270 e. The number of rotatable bonds is 3. The lowest BCUT2D eigenvalue weighted by Crippen LogP contribution is -2.53. The summed E-state index contributed by atoms with van der Waals surface area (Å²) in [5.41, 5.74) is 0.406. The Labute approximate surface area is 121 Å². The number of hydrogen-bond donors (Lipinski definition) is 1. The normalized spacial score (nSPS) is 27.0. The van der Waals surface area contributed by atoms with Crippen molar-refractivity contribution in [2.24, 2.45) is 5.92 Å². The molecule has 1 aliphatic heterocycles. The molecule has 7 nitrogen and oxygen atoms in total. The van der Waals surface area contributed by atoms with Crippen LogP contribution in [0.1, 0.15) is 23.3 Å². The lowest BCUT2D eigenvalue weighted by molar-refractivity contribution is 0.00802. The lowest BCUT2D eigenvalue weighted by Gasteiger charge is -2.39. The van der Waals surface area contributed by atoms with Crippen molar-refractivity contribution in [1.29, 1.82) is 0 Å². The van der Waals surface area contributed by atoms with Gasteiger partial charge in [-0.1, -0.05) is 6.07 Å². The van der Waals surface area contributed by atoms with Gasteiger partial charge in [-0.25, -0.2) is 4.98 Å². The Morgan fingerprint density at radius 1 is 1.33 bits per heavy atom. The number of nitrogens with one attached hydrogen (secondary N) is 1. The number of hydrogen-bond acceptors (Lipinski definition) is 5. The zero-order valence-electron chi connectivity index (χ0n) is 11.3. The van der Waals surface area contributed by atoms with Crippen molar-refractivity contribution in [1.82, 2.24) is 25.1 Å². The van der Waals surface area contributed by atoms with E-state index in [9.17, 15) is 4.79 Å². The number of amides is 1. The molecule has 1 aliphatic carbocycles. The average molecular weight is 285 g/mol. The molecular weight excluding hydrogens is 270 g/mol. The van der Waals surface area contributed by atoms with Crippen LogP contribution in [-0.4, -0.2) is 44.4 Å². The van der Waals surface area contributed by atoms with E-state index in [2.05, 4.69) is 20.5 Å². The van der Waals surface area contributed by atoms with Gasteiger partial charge in [-0.05, 0) is 25.0 Å². The molecule has 0 bridgehead atoms. The Balaban J connectivity index is 1.48. The fourth-order valence-corrected chi connectivity index (χ4v) is 3.02. The molecule has 2 aromatic heterocycles. The number of nitrogens with zero attached hydrogens (tertiary/aromatic N) is 4. The van der Waals surface area contributed by atoms with Crippen molar-refractivity contribution in [2.45, 2.75) is 25.0 Å². The minimum Gasteiger partial charge on any atom is -0.378 e. The van der Waals surface area contributed by atoms with Crippen molar-refractivity contribution < 1.29 is 9.53 Å².